The van der Waals surface area contributed by atoms with Crippen LogP contribution in [0, 0.1) is 11.3 Å². The molecule has 1 aliphatic rings. The van der Waals surface area contributed by atoms with E-state index in [0.29, 0.717) is 11.3 Å². The van der Waals surface area contributed by atoms with Gasteiger partial charge >= 0.3 is 0 Å². The van der Waals surface area contributed by atoms with Gasteiger partial charge in [0.1, 0.15) is 0 Å². The van der Waals surface area contributed by atoms with Gasteiger partial charge in [0.05, 0.1) is 23.0 Å². The van der Waals surface area contributed by atoms with Gasteiger partial charge in [-0.05, 0) is 18.2 Å². The monoisotopic (exact) mass is 285 g/mol. The molecule has 0 atom stereocenters. The van der Waals surface area contributed by atoms with Crippen molar-refractivity contribution < 1.29 is 0 Å². The van der Waals surface area contributed by atoms with Gasteiger partial charge in [0.25, 0.3) is 0 Å². The molecule has 102 valence electrons. The smallest absolute Gasteiger partial charge is 0.185 e. The molecule has 3 rings (SSSR count). The zero-order valence-corrected chi connectivity index (χ0v) is 11.8. The Morgan fingerprint density at radius 1 is 1.20 bits per heavy atom. The van der Waals surface area contributed by atoms with Crippen LogP contribution in [0.1, 0.15) is 5.56 Å². The van der Waals surface area contributed by atoms with Crippen molar-refractivity contribution in [2.24, 2.45) is 0 Å². The van der Waals surface area contributed by atoms with Crippen LogP contribution >= 0.6 is 11.3 Å². The van der Waals surface area contributed by atoms with Crippen LogP contribution < -0.4 is 15.5 Å². The maximum Gasteiger partial charge on any atom is 0.185 e. The van der Waals surface area contributed by atoms with Crippen LogP contribution in [0.5, 0.6) is 0 Å². The van der Waals surface area contributed by atoms with E-state index < -0.39 is 0 Å². The highest BCUT2D eigenvalue weighted by Gasteiger charge is 2.20. The molecule has 0 aliphatic carbocycles. The van der Waals surface area contributed by atoms with Crippen LogP contribution in [0.4, 0.5) is 16.5 Å². The molecule has 2 aromatic rings. The van der Waals surface area contributed by atoms with Gasteiger partial charge in [0.2, 0.25) is 0 Å². The van der Waals surface area contributed by atoms with Gasteiger partial charge in [-0.25, -0.2) is 4.98 Å². The predicted octanol–water partition coefficient (Wildman–Crippen LogP) is 1.92. The Hall–Kier alpha value is -2.26. The molecule has 20 heavy (non-hydrogen) atoms. The van der Waals surface area contributed by atoms with Crippen molar-refractivity contribution in [2.75, 3.05) is 41.7 Å². The number of anilines is 3. The quantitative estimate of drug-likeness (QED) is 0.854. The van der Waals surface area contributed by atoms with Crippen molar-refractivity contribution in [1.29, 1.82) is 5.26 Å². The molecule has 1 saturated heterocycles. The van der Waals surface area contributed by atoms with Crippen LogP contribution in [-0.2, 0) is 0 Å². The standard InChI is InChI=1S/C14H15N5S/c15-10-11-1-2-13(12(16)9-11)18-4-6-19(7-5-18)14-17-3-8-20-14/h1-3,8-9H,4-7,16H2. The van der Waals surface area contributed by atoms with Gasteiger partial charge in [-0.3, -0.25) is 0 Å². The molecule has 2 N–H and O–H groups in total. The van der Waals surface area contributed by atoms with E-state index in [1.165, 1.54) is 0 Å². The lowest BCUT2D eigenvalue weighted by molar-refractivity contribution is 0.652. The number of nitrogens with two attached hydrogens (primary N) is 1. The number of thiazole rings is 1. The van der Waals surface area contributed by atoms with Crippen molar-refractivity contribution in [1.82, 2.24) is 4.98 Å². The topological polar surface area (TPSA) is 69.2 Å². The number of nitriles is 1. The number of piperazine rings is 1. The Bertz CT molecular complexity index is 624. The molecule has 1 aliphatic heterocycles. The summed E-state index contributed by atoms with van der Waals surface area (Å²) >= 11 is 1.67. The molecule has 0 unspecified atom stereocenters. The summed E-state index contributed by atoms with van der Waals surface area (Å²) in [5.74, 6) is 0. The lowest BCUT2D eigenvalue weighted by Gasteiger charge is -2.36. The van der Waals surface area contributed by atoms with Crippen LogP contribution in [0.15, 0.2) is 29.8 Å². The van der Waals surface area contributed by atoms with Crippen LogP contribution in [0.3, 0.4) is 0 Å². The van der Waals surface area contributed by atoms with Gasteiger partial charge in [-0.2, -0.15) is 5.26 Å². The Morgan fingerprint density at radius 3 is 2.55 bits per heavy atom. The fourth-order valence-electron chi connectivity index (χ4n) is 2.42. The molecule has 1 aromatic heterocycles. The fraction of sp³-hybridized carbons (Fsp3) is 0.286. The number of nitrogen functional groups attached to an aromatic ring is 1. The number of hydrogen-bond donors (Lipinski definition) is 1. The molecular weight excluding hydrogens is 270 g/mol. The van der Waals surface area contributed by atoms with Gasteiger partial charge in [-0.15, -0.1) is 11.3 Å². The first-order valence-electron chi connectivity index (χ1n) is 6.47. The van der Waals surface area contributed by atoms with Crippen molar-refractivity contribution >= 4 is 27.8 Å². The lowest BCUT2D eigenvalue weighted by Crippen LogP contribution is -2.46. The molecule has 5 nitrogen and oxygen atoms in total. The van der Waals surface area contributed by atoms with Crippen LogP contribution in [0.2, 0.25) is 0 Å². The minimum atomic E-state index is 0.604. The van der Waals surface area contributed by atoms with E-state index >= 15 is 0 Å². The minimum absolute atomic E-state index is 0.604. The molecule has 0 bridgehead atoms. The SMILES string of the molecule is N#Cc1ccc(N2CCN(c3nccs3)CC2)c(N)c1. The molecular formula is C14H15N5S. The van der Waals surface area contributed by atoms with E-state index in [0.717, 1.165) is 37.0 Å². The third-order valence-corrected chi connectivity index (χ3v) is 4.30. The lowest BCUT2D eigenvalue weighted by atomic mass is 10.1. The number of benzene rings is 1. The zero-order chi connectivity index (χ0) is 13.9. The molecule has 0 amide bonds. The summed E-state index contributed by atoms with van der Waals surface area (Å²) in [6.07, 6.45) is 1.84. The van der Waals surface area contributed by atoms with Crippen molar-refractivity contribution in [3.05, 3.63) is 35.3 Å². The maximum atomic E-state index is 8.87. The molecule has 6 heteroatoms. The summed E-state index contributed by atoms with van der Waals surface area (Å²) in [6.45, 7) is 3.70. The Morgan fingerprint density at radius 2 is 1.95 bits per heavy atom. The van der Waals surface area contributed by atoms with Crippen LogP contribution in [-0.4, -0.2) is 31.2 Å². The summed E-state index contributed by atoms with van der Waals surface area (Å²) in [7, 11) is 0. The zero-order valence-electron chi connectivity index (χ0n) is 11.0. The van der Waals surface area contributed by atoms with Gasteiger partial charge < -0.3 is 15.5 Å². The molecule has 1 aromatic carbocycles. The third-order valence-electron chi connectivity index (χ3n) is 3.47. The maximum absolute atomic E-state index is 8.87. The first-order valence-corrected chi connectivity index (χ1v) is 7.35. The largest absolute Gasteiger partial charge is 0.397 e. The van der Waals surface area contributed by atoms with E-state index in [1.807, 2.05) is 23.7 Å². The van der Waals surface area contributed by atoms with E-state index in [4.69, 9.17) is 11.0 Å². The number of rotatable bonds is 2. The van der Waals surface area contributed by atoms with Crippen molar-refractivity contribution in [3.8, 4) is 6.07 Å². The Balaban J connectivity index is 1.71. The average Bonchev–Trinajstić information content (AvgIpc) is 3.01. The van der Waals surface area contributed by atoms with E-state index in [9.17, 15) is 0 Å². The van der Waals surface area contributed by atoms with Crippen LogP contribution in [0.25, 0.3) is 0 Å². The second-order valence-electron chi connectivity index (χ2n) is 4.67. The fourth-order valence-corrected chi connectivity index (χ4v) is 3.12. The number of nitrogens with zero attached hydrogens (tertiary/aromatic N) is 4. The summed E-state index contributed by atoms with van der Waals surface area (Å²) in [4.78, 5) is 8.90. The molecule has 2 heterocycles. The Kier molecular flexibility index (Phi) is 3.44. The third kappa shape index (κ3) is 2.40. The first kappa shape index (κ1) is 12.8. The highest BCUT2D eigenvalue weighted by atomic mass is 32.1. The summed E-state index contributed by atoms with van der Waals surface area (Å²) in [5, 5.41) is 12.0. The minimum Gasteiger partial charge on any atom is -0.397 e. The van der Waals surface area contributed by atoms with Gasteiger partial charge in [0.15, 0.2) is 5.13 Å². The number of aromatic nitrogens is 1. The second kappa shape index (κ2) is 5.39. The van der Waals surface area contributed by atoms with Gasteiger partial charge in [-0.1, -0.05) is 0 Å². The van der Waals surface area contributed by atoms with Crippen molar-refractivity contribution in [2.45, 2.75) is 0 Å². The Labute approximate surface area is 121 Å². The summed E-state index contributed by atoms with van der Waals surface area (Å²) in [5.41, 5.74) is 8.33. The first-order chi connectivity index (χ1) is 9.78. The predicted molar refractivity (Wildman–Crippen MR) is 82.1 cm³/mol. The van der Waals surface area contributed by atoms with Crippen molar-refractivity contribution in [3.63, 3.8) is 0 Å². The molecule has 0 radical (unpaired) electrons. The summed E-state index contributed by atoms with van der Waals surface area (Å²) in [6, 6.07) is 7.60. The summed E-state index contributed by atoms with van der Waals surface area (Å²) < 4.78 is 0. The molecule has 1 fully saturated rings. The normalized spacial score (nSPS) is 15.2. The second-order valence-corrected chi connectivity index (χ2v) is 5.55. The van der Waals surface area contributed by atoms with E-state index in [1.54, 1.807) is 17.4 Å². The number of hydrogen-bond acceptors (Lipinski definition) is 6. The highest BCUT2D eigenvalue weighted by Crippen LogP contribution is 2.27. The molecule has 0 spiro atoms. The molecule has 0 saturated carbocycles. The average molecular weight is 285 g/mol. The van der Waals surface area contributed by atoms with E-state index in [2.05, 4.69) is 20.9 Å². The highest BCUT2D eigenvalue weighted by molar-refractivity contribution is 7.13. The van der Waals surface area contributed by atoms with Gasteiger partial charge in [0, 0.05) is 37.8 Å². The van der Waals surface area contributed by atoms with E-state index in [-0.39, 0.29) is 0 Å².